The lowest BCUT2D eigenvalue weighted by Gasteiger charge is -2.35. The molecule has 1 N–H and O–H groups in total. The van der Waals surface area contributed by atoms with Gasteiger partial charge in [-0.3, -0.25) is 4.68 Å². The lowest BCUT2D eigenvalue weighted by Crippen LogP contribution is -2.35. The van der Waals surface area contributed by atoms with Crippen molar-refractivity contribution in [2.75, 3.05) is 6.54 Å². The smallest absolute Gasteiger partial charge is 0.0492 e. The van der Waals surface area contributed by atoms with E-state index in [4.69, 9.17) is 0 Å². The molecule has 3 atom stereocenters. The summed E-state index contributed by atoms with van der Waals surface area (Å²) in [6.07, 6.45) is 6.00. The van der Waals surface area contributed by atoms with Gasteiger partial charge in [0, 0.05) is 30.4 Å². The van der Waals surface area contributed by atoms with E-state index in [9.17, 15) is 0 Å². The highest BCUT2D eigenvalue weighted by Crippen LogP contribution is 2.40. The SMILES string of the molecule is CCn1nccc1C1CC(C)CCC1CNC(C)C. The van der Waals surface area contributed by atoms with Crippen LogP contribution < -0.4 is 5.32 Å². The largest absolute Gasteiger partial charge is 0.314 e. The van der Waals surface area contributed by atoms with Gasteiger partial charge < -0.3 is 5.32 Å². The van der Waals surface area contributed by atoms with Gasteiger partial charge in [-0.1, -0.05) is 27.2 Å². The second-order valence-corrected chi connectivity index (χ2v) is 6.42. The summed E-state index contributed by atoms with van der Waals surface area (Å²) in [7, 11) is 0. The van der Waals surface area contributed by atoms with Gasteiger partial charge >= 0.3 is 0 Å². The van der Waals surface area contributed by atoms with Crippen LogP contribution in [-0.2, 0) is 6.54 Å². The molecule has 19 heavy (non-hydrogen) atoms. The molecule has 2 rings (SSSR count). The lowest BCUT2D eigenvalue weighted by atomic mass is 9.73. The molecule has 1 heterocycles. The molecule has 1 fully saturated rings. The molecule has 0 amide bonds. The number of aromatic nitrogens is 2. The normalized spacial score (nSPS) is 27.9. The van der Waals surface area contributed by atoms with Crippen molar-refractivity contribution in [1.29, 1.82) is 0 Å². The van der Waals surface area contributed by atoms with E-state index in [1.807, 2.05) is 6.20 Å². The van der Waals surface area contributed by atoms with Crippen molar-refractivity contribution in [2.45, 2.75) is 65.5 Å². The summed E-state index contributed by atoms with van der Waals surface area (Å²) in [5, 5.41) is 8.09. The fourth-order valence-electron chi connectivity index (χ4n) is 3.36. The van der Waals surface area contributed by atoms with E-state index in [0.29, 0.717) is 12.0 Å². The quantitative estimate of drug-likeness (QED) is 0.882. The Morgan fingerprint density at radius 3 is 2.89 bits per heavy atom. The maximum Gasteiger partial charge on any atom is 0.0492 e. The highest BCUT2D eigenvalue weighted by Gasteiger charge is 2.31. The van der Waals surface area contributed by atoms with Crippen LogP contribution >= 0.6 is 0 Å². The predicted molar refractivity (Wildman–Crippen MR) is 80.3 cm³/mol. The summed E-state index contributed by atoms with van der Waals surface area (Å²) in [6.45, 7) is 11.2. The van der Waals surface area contributed by atoms with Crippen molar-refractivity contribution in [1.82, 2.24) is 15.1 Å². The zero-order valence-electron chi connectivity index (χ0n) is 12.9. The number of nitrogens with one attached hydrogen (secondary N) is 1. The number of hydrogen-bond acceptors (Lipinski definition) is 2. The maximum absolute atomic E-state index is 4.46. The summed E-state index contributed by atoms with van der Waals surface area (Å²) in [5.74, 6) is 2.29. The Morgan fingerprint density at radius 2 is 2.21 bits per heavy atom. The highest BCUT2D eigenvalue weighted by atomic mass is 15.3. The topological polar surface area (TPSA) is 29.9 Å². The summed E-state index contributed by atoms with van der Waals surface area (Å²) in [5.41, 5.74) is 1.45. The van der Waals surface area contributed by atoms with Gasteiger partial charge in [0.15, 0.2) is 0 Å². The van der Waals surface area contributed by atoms with Gasteiger partial charge in [-0.2, -0.15) is 5.10 Å². The highest BCUT2D eigenvalue weighted by molar-refractivity contribution is 5.11. The van der Waals surface area contributed by atoms with E-state index >= 15 is 0 Å². The Labute approximate surface area is 117 Å². The standard InChI is InChI=1S/C16H29N3/c1-5-19-16(8-9-18-19)15-10-13(4)6-7-14(15)11-17-12(2)3/h8-9,12-15,17H,5-7,10-11H2,1-4H3. The van der Waals surface area contributed by atoms with E-state index in [1.165, 1.54) is 25.0 Å². The van der Waals surface area contributed by atoms with Crippen molar-refractivity contribution in [2.24, 2.45) is 11.8 Å². The molecule has 0 spiro atoms. The number of aryl methyl sites for hydroxylation is 1. The Balaban J connectivity index is 2.12. The first-order valence-corrected chi connectivity index (χ1v) is 7.86. The summed E-state index contributed by atoms with van der Waals surface area (Å²) in [4.78, 5) is 0. The molecule has 3 nitrogen and oxygen atoms in total. The van der Waals surface area contributed by atoms with Crippen molar-refractivity contribution < 1.29 is 0 Å². The molecular weight excluding hydrogens is 234 g/mol. The van der Waals surface area contributed by atoms with E-state index in [1.54, 1.807) is 0 Å². The van der Waals surface area contributed by atoms with Gasteiger partial charge in [-0.05, 0) is 44.2 Å². The van der Waals surface area contributed by atoms with E-state index in [-0.39, 0.29) is 0 Å². The van der Waals surface area contributed by atoms with Crippen molar-refractivity contribution >= 4 is 0 Å². The molecule has 3 heteroatoms. The third kappa shape index (κ3) is 3.59. The average Bonchev–Trinajstić information content (AvgIpc) is 2.85. The Kier molecular flexibility index (Phi) is 5.03. The van der Waals surface area contributed by atoms with Crippen molar-refractivity contribution in [3.63, 3.8) is 0 Å². The van der Waals surface area contributed by atoms with E-state index < -0.39 is 0 Å². The molecule has 1 aromatic rings. The van der Waals surface area contributed by atoms with Gasteiger partial charge in [0.1, 0.15) is 0 Å². The minimum absolute atomic E-state index is 0.580. The summed E-state index contributed by atoms with van der Waals surface area (Å²) >= 11 is 0. The minimum Gasteiger partial charge on any atom is -0.314 e. The third-order valence-corrected chi connectivity index (χ3v) is 4.47. The second kappa shape index (κ2) is 6.56. The van der Waals surface area contributed by atoms with Crippen LogP contribution in [0, 0.1) is 11.8 Å². The zero-order chi connectivity index (χ0) is 13.8. The van der Waals surface area contributed by atoms with Crippen LogP contribution in [0.15, 0.2) is 12.3 Å². The molecule has 1 saturated carbocycles. The Morgan fingerprint density at radius 1 is 1.42 bits per heavy atom. The maximum atomic E-state index is 4.46. The monoisotopic (exact) mass is 263 g/mol. The van der Waals surface area contributed by atoms with Gasteiger partial charge in [-0.15, -0.1) is 0 Å². The van der Waals surface area contributed by atoms with Crippen LogP contribution in [0.5, 0.6) is 0 Å². The number of nitrogens with zero attached hydrogens (tertiary/aromatic N) is 2. The Hall–Kier alpha value is -0.830. The molecule has 0 saturated heterocycles. The first-order valence-electron chi connectivity index (χ1n) is 7.86. The molecule has 1 aromatic heterocycles. The number of rotatable bonds is 5. The lowest BCUT2D eigenvalue weighted by molar-refractivity contribution is 0.229. The molecule has 1 aliphatic carbocycles. The second-order valence-electron chi connectivity index (χ2n) is 6.42. The molecule has 0 aliphatic heterocycles. The van der Waals surface area contributed by atoms with Crippen LogP contribution in [0.4, 0.5) is 0 Å². The van der Waals surface area contributed by atoms with Crippen molar-refractivity contribution in [3.8, 4) is 0 Å². The first-order chi connectivity index (χ1) is 9.11. The fraction of sp³-hybridized carbons (Fsp3) is 0.812. The summed E-state index contributed by atoms with van der Waals surface area (Å²) < 4.78 is 2.19. The molecule has 3 unspecified atom stereocenters. The first kappa shape index (κ1) is 14.6. The van der Waals surface area contributed by atoms with Gasteiger partial charge in [-0.25, -0.2) is 0 Å². The van der Waals surface area contributed by atoms with Crippen LogP contribution in [0.3, 0.4) is 0 Å². The number of hydrogen-bond donors (Lipinski definition) is 1. The fourth-order valence-corrected chi connectivity index (χ4v) is 3.36. The van der Waals surface area contributed by atoms with Gasteiger partial charge in [0.25, 0.3) is 0 Å². The average molecular weight is 263 g/mol. The third-order valence-electron chi connectivity index (χ3n) is 4.47. The van der Waals surface area contributed by atoms with Gasteiger partial charge in [0.05, 0.1) is 0 Å². The van der Waals surface area contributed by atoms with E-state index in [2.05, 4.69) is 48.9 Å². The predicted octanol–water partition coefficient (Wildman–Crippen LogP) is 3.42. The molecule has 108 valence electrons. The van der Waals surface area contributed by atoms with Crippen LogP contribution in [0.25, 0.3) is 0 Å². The van der Waals surface area contributed by atoms with Gasteiger partial charge in [0.2, 0.25) is 0 Å². The minimum atomic E-state index is 0.580. The van der Waals surface area contributed by atoms with Crippen LogP contribution in [0.1, 0.15) is 58.6 Å². The molecule has 0 aromatic carbocycles. The molecule has 0 radical (unpaired) electrons. The molecule has 1 aliphatic rings. The zero-order valence-corrected chi connectivity index (χ0v) is 12.9. The van der Waals surface area contributed by atoms with E-state index in [0.717, 1.165) is 24.9 Å². The van der Waals surface area contributed by atoms with Crippen molar-refractivity contribution in [3.05, 3.63) is 18.0 Å². The van der Waals surface area contributed by atoms with Crippen LogP contribution in [-0.4, -0.2) is 22.4 Å². The summed E-state index contributed by atoms with van der Waals surface area (Å²) in [6, 6.07) is 2.81. The molecular formula is C16H29N3. The van der Waals surface area contributed by atoms with Crippen LogP contribution in [0.2, 0.25) is 0 Å². The molecule has 0 bridgehead atoms. The Bertz CT molecular complexity index is 383.